The number of carbonyl (C=O) groups is 1. The molecule has 2 aromatic rings. The molecule has 1 heterocycles. The number of anilines is 1. The SMILES string of the molecule is CCc1c(CC2CCCCC2)nc(SCC(=O)Nc2ccc(S(N)(=O)=O)cc2)[nH]c1=O. The van der Waals surface area contributed by atoms with Crippen LogP contribution in [0, 0.1) is 5.92 Å². The van der Waals surface area contributed by atoms with Crippen LogP contribution in [0.15, 0.2) is 39.1 Å². The maximum absolute atomic E-state index is 12.5. The number of sulfonamides is 1. The van der Waals surface area contributed by atoms with Crippen molar-refractivity contribution in [1.82, 2.24) is 9.97 Å². The Morgan fingerprint density at radius 3 is 2.52 bits per heavy atom. The largest absolute Gasteiger partial charge is 0.325 e. The third-order valence-electron chi connectivity index (χ3n) is 5.45. The maximum atomic E-state index is 12.5. The van der Waals surface area contributed by atoms with E-state index in [9.17, 15) is 18.0 Å². The number of nitrogens with zero attached hydrogens (tertiary/aromatic N) is 1. The van der Waals surface area contributed by atoms with Gasteiger partial charge in [-0.15, -0.1) is 0 Å². The number of aromatic nitrogens is 2. The average molecular weight is 465 g/mol. The van der Waals surface area contributed by atoms with Crippen LogP contribution in [0.5, 0.6) is 0 Å². The van der Waals surface area contributed by atoms with Crippen molar-refractivity contribution in [2.45, 2.75) is 61.9 Å². The maximum Gasteiger partial charge on any atom is 0.254 e. The number of H-pyrrole nitrogens is 1. The third-order valence-corrected chi connectivity index (χ3v) is 7.25. The van der Waals surface area contributed by atoms with Crippen LogP contribution in [-0.4, -0.2) is 30.0 Å². The molecule has 0 unspecified atom stereocenters. The second-order valence-electron chi connectivity index (χ2n) is 7.76. The summed E-state index contributed by atoms with van der Waals surface area (Å²) in [5, 5.41) is 8.20. The van der Waals surface area contributed by atoms with Gasteiger partial charge in [0.15, 0.2) is 5.16 Å². The first kappa shape index (κ1) is 23.5. The summed E-state index contributed by atoms with van der Waals surface area (Å²) >= 11 is 1.17. The van der Waals surface area contributed by atoms with E-state index in [-0.39, 0.29) is 22.1 Å². The summed E-state index contributed by atoms with van der Waals surface area (Å²) in [6.07, 6.45) is 7.53. The van der Waals surface area contributed by atoms with Crippen molar-refractivity contribution >= 4 is 33.4 Å². The molecule has 0 atom stereocenters. The number of primary sulfonamides is 1. The standard InChI is InChI=1S/C21H28N4O4S2/c1-2-17-18(12-14-6-4-3-5-7-14)24-21(25-20(17)27)30-13-19(26)23-15-8-10-16(11-9-15)31(22,28)29/h8-11,14H,2-7,12-13H2,1H3,(H,23,26)(H2,22,28,29)(H,24,25,27). The zero-order valence-corrected chi connectivity index (χ0v) is 19.2. The molecule has 3 rings (SSSR count). The molecule has 10 heteroatoms. The van der Waals surface area contributed by atoms with Crippen LogP contribution < -0.4 is 16.0 Å². The molecule has 0 bridgehead atoms. The second kappa shape index (κ2) is 10.4. The van der Waals surface area contributed by atoms with Crippen molar-refractivity contribution in [1.29, 1.82) is 0 Å². The normalized spacial score (nSPS) is 15.0. The summed E-state index contributed by atoms with van der Waals surface area (Å²) in [5.41, 5.74) is 1.90. The van der Waals surface area contributed by atoms with Crippen LogP contribution >= 0.6 is 11.8 Å². The summed E-state index contributed by atoms with van der Waals surface area (Å²) in [7, 11) is -3.78. The highest BCUT2D eigenvalue weighted by molar-refractivity contribution is 7.99. The highest BCUT2D eigenvalue weighted by atomic mass is 32.2. The molecule has 1 saturated carbocycles. The van der Waals surface area contributed by atoms with Gasteiger partial charge in [0.25, 0.3) is 5.56 Å². The van der Waals surface area contributed by atoms with Gasteiger partial charge in [-0.2, -0.15) is 0 Å². The van der Waals surface area contributed by atoms with Gasteiger partial charge in [0.2, 0.25) is 15.9 Å². The van der Waals surface area contributed by atoms with Gasteiger partial charge in [-0.3, -0.25) is 9.59 Å². The Labute approximate surface area is 186 Å². The lowest BCUT2D eigenvalue weighted by atomic mass is 9.85. The molecule has 1 aromatic heterocycles. The number of hydrogen-bond donors (Lipinski definition) is 3. The number of nitrogens with one attached hydrogen (secondary N) is 2. The number of aromatic amines is 1. The smallest absolute Gasteiger partial charge is 0.254 e. The molecule has 31 heavy (non-hydrogen) atoms. The van der Waals surface area contributed by atoms with Crippen molar-refractivity contribution in [3.05, 3.63) is 45.9 Å². The number of nitrogens with two attached hydrogens (primary N) is 1. The monoisotopic (exact) mass is 464 g/mol. The lowest BCUT2D eigenvalue weighted by molar-refractivity contribution is -0.113. The minimum atomic E-state index is -3.78. The fourth-order valence-corrected chi connectivity index (χ4v) is 5.04. The fourth-order valence-electron chi connectivity index (χ4n) is 3.85. The molecule has 168 valence electrons. The van der Waals surface area contributed by atoms with E-state index in [1.54, 1.807) is 0 Å². The number of rotatable bonds is 8. The van der Waals surface area contributed by atoms with Crippen LogP contribution in [0.4, 0.5) is 5.69 Å². The van der Waals surface area contributed by atoms with Gasteiger partial charge in [-0.1, -0.05) is 50.8 Å². The Bertz CT molecular complexity index is 1080. The Kier molecular flexibility index (Phi) is 7.90. The van der Waals surface area contributed by atoms with E-state index in [0.29, 0.717) is 23.2 Å². The first-order chi connectivity index (χ1) is 14.8. The van der Waals surface area contributed by atoms with E-state index >= 15 is 0 Å². The highest BCUT2D eigenvalue weighted by Crippen LogP contribution is 2.27. The average Bonchev–Trinajstić information content (AvgIpc) is 2.73. The van der Waals surface area contributed by atoms with Crippen LogP contribution in [0.3, 0.4) is 0 Å². The first-order valence-electron chi connectivity index (χ1n) is 10.4. The molecular weight excluding hydrogens is 436 g/mol. The zero-order chi connectivity index (χ0) is 22.4. The predicted octanol–water partition coefficient (Wildman–Crippen LogP) is 2.83. The van der Waals surface area contributed by atoms with Gasteiger partial charge >= 0.3 is 0 Å². The van der Waals surface area contributed by atoms with E-state index in [0.717, 1.165) is 17.7 Å². The molecule has 1 amide bonds. The van der Waals surface area contributed by atoms with Gasteiger partial charge in [-0.05, 0) is 43.0 Å². The van der Waals surface area contributed by atoms with Gasteiger partial charge < -0.3 is 10.3 Å². The molecule has 1 aliphatic rings. The van der Waals surface area contributed by atoms with Crippen LogP contribution in [-0.2, 0) is 27.7 Å². The van der Waals surface area contributed by atoms with Gasteiger partial charge in [0.05, 0.1) is 16.3 Å². The summed E-state index contributed by atoms with van der Waals surface area (Å²) in [6.45, 7) is 1.96. The fraction of sp³-hybridized carbons (Fsp3) is 0.476. The van der Waals surface area contributed by atoms with Crippen LogP contribution in [0.1, 0.15) is 50.3 Å². The van der Waals surface area contributed by atoms with Gasteiger partial charge in [0, 0.05) is 11.3 Å². The third kappa shape index (κ3) is 6.65. The van der Waals surface area contributed by atoms with Crippen molar-refractivity contribution in [3.63, 3.8) is 0 Å². The summed E-state index contributed by atoms with van der Waals surface area (Å²) in [4.78, 5) is 32.2. The Balaban J connectivity index is 1.63. The summed E-state index contributed by atoms with van der Waals surface area (Å²) in [5.74, 6) is 0.341. The lowest BCUT2D eigenvalue weighted by Crippen LogP contribution is -2.21. The van der Waals surface area contributed by atoms with Crippen molar-refractivity contribution in [3.8, 4) is 0 Å². The van der Waals surface area contributed by atoms with E-state index in [1.165, 1.54) is 68.1 Å². The highest BCUT2D eigenvalue weighted by Gasteiger charge is 2.19. The summed E-state index contributed by atoms with van der Waals surface area (Å²) < 4.78 is 22.6. The van der Waals surface area contributed by atoms with Gasteiger partial charge in [-0.25, -0.2) is 18.5 Å². The number of thioether (sulfide) groups is 1. The number of carbonyl (C=O) groups excluding carboxylic acids is 1. The second-order valence-corrected chi connectivity index (χ2v) is 10.3. The summed E-state index contributed by atoms with van der Waals surface area (Å²) in [6, 6.07) is 5.61. The predicted molar refractivity (Wildman–Crippen MR) is 122 cm³/mol. The molecule has 1 fully saturated rings. The molecule has 4 N–H and O–H groups in total. The van der Waals surface area contributed by atoms with Crippen molar-refractivity contribution in [2.24, 2.45) is 11.1 Å². The Morgan fingerprint density at radius 1 is 1.23 bits per heavy atom. The van der Waals surface area contributed by atoms with E-state index in [2.05, 4.69) is 15.3 Å². The molecule has 0 radical (unpaired) electrons. The van der Waals surface area contributed by atoms with Crippen molar-refractivity contribution < 1.29 is 13.2 Å². The number of amides is 1. The molecule has 1 aromatic carbocycles. The molecule has 0 saturated heterocycles. The minimum absolute atomic E-state index is 0.0249. The van der Waals surface area contributed by atoms with E-state index in [4.69, 9.17) is 5.14 Å². The first-order valence-corrected chi connectivity index (χ1v) is 13.0. The topological polar surface area (TPSA) is 135 Å². The molecule has 8 nitrogen and oxygen atoms in total. The van der Waals surface area contributed by atoms with E-state index in [1.807, 2.05) is 6.92 Å². The van der Waals surface area contributed by atoms with Crippen LogP contribution in [0.2, 0.25) is 0 Å². The quantitative estimate of drug-likeness (QED) is 0.406. The molecule has 0 spiro atoms. The zero-order valence-electron chi connectivity index (χ0n) is 17.5. The Hall–Kier alpha value is -2.17. The molecular formula is C21H28N4O4S2. The lowest BCUT2D eigenvalue weighted by Gasteiger charge is -2.22. The van der Waals surface area contributed by atoms with Crippen LogP contribution in [0.25, 0.3) is 0 Å². The number of benzene rings is 1. The molecule has 0 aliphatic heterocycles. The van der Waals surface area contributed by atoms with Crippen molar-refractivity contribution in [2.75, 3.05) is 11.1 Å². The van der Waals surface area contributed by atoms with Gasteiger partial charge in [0.1, 0.15) is 0 Å². The van der Waals surface area contributed by atoms with E-state index < -0.39 is 10.0 Å². The minimum Gasteiger partial charge on any atom is -0.325 e. The Morgan fingerprint density at radius 2 is 1.90 bits per heavy atom. The number of hydrogen-bond acceptors (Lipinski definition) is 6. The molecule has 1 aliphatic carbocycles.